The van der Waals surface area contributed by atoms with Crippen LogP contribution in [0.4, 0.5) is 5.69 Å². The fourth-order valence-electron chi connectivity index (χ4n) is 2.37. The summed E-state index contributed by atoms with van der Waals surface area (Å²) in [4.78, 5) is 24.2. The summed E-state index contributed by atoms with van der Waals surface area (Å²) < 4.78 is 31.2. The van der Waals surface area contributed by atoms with Gasteiger partial charge >= 0.3 is 0 Å². The molecule has 2 amide bonds. The third kappa shape index (κ3) is 6.07. The Morgan fingerprint density at radius 3 is 2.43 bits per heavy atom. The Morgan fingerprint density at radius 2 is 1.79 bits per heavy atom. The van der Waals surface area contributed by atoms with Gasteiger partial charge in [0, 0.05) is 30.8 Å². The molecule has 8 nitrogen and oxygen atoms in total. The quantitative estimate of drug-likeness (QED) is 0.588. The summed E-state index contributed by atoms with van der Waals surface area (Å²) in [5, 5.41) is 5.33. The summed E-state index contributed by atoms with van der Waals surface area (Å²) >= 11 is 0. The van der Waals surface area contributed by atoms with Crippen molar-refractivity contribution in [2.24, 2.45) is 0 Å². The maximum Gasteiger partial charge on any atom is 0.251 e. The first kappa shape index (κ1) is 21.4. The van der Waals surface area contributed by atoms with Crippen molar-refractivity contribution in [3.8, 4) is 5.75 Å². The minimum Gasteiger partial charge on any atom is -0.497 e. The van der Waals surface area contributed by atoms with E-state index < -0.39 is 10.0 Å². The highest BCUT2D eigenvalue weighted by Gasteiger charge is 2.12. The van der Waals surface area contributed by atoms with Gasteiger partial charge < -0.3 is 15.4 Å². The van der Waals surface area contributed by atoms with Gasteiger partial charge in [0.05, 0.1) is 12.0 Å². The summed E-state index contributed by atoms with van der Waals surface area (Å²) in [6.45, 7) is 2.15. The average Bonchev–Trinajstić information content (AvgIpc) is 2.68. The van der Waals surface area contributed by atoms with Gasteiger partial charge in [0.25, 0.3) is 5.91 Å². The molecule has 150 valence electrons. The van der Waals surface area contributed by atoms with Crippen molar-refractivity contribution in [1.82, 2.24) is 10.0 Å². The van der Waals surface area contributed by atoms with Crippen LogP contribution in [0.5, 0.6) is 5.75 Å². The molecule has 0 aliphatic carbocycles. The van der Waals surface area contributed by atoms with Gasteiger partial charge in [-0.15, -0.1) is 0 Å². The normalized spacial score (nSPS) is 10.9. The number of hydrogen-bond acceptors (Lipinski definition) is 5. The van der Waals surface area contributed by atoms with Crippen LogP contribution in [-0.4, -0.2) is 40.4 Å². The fraction of sp³-hybridized carbons (Fsp3) is 0.263. The highest BCUT2D eigenvalue weighted by atomic mass is 32.2. The van der Waals surface area contributed by atoms with E-state index in [2.05, 4.69) is 15.4 Å². The van der Waals surface area contributed by atoms with Gasteiger partial charge in [0.1, 0.15) is 5.75 Å². The van der Waals surface area contributed by atoms with E-state index in [0.717, 1.165) is 0 Å². The Hall–Kier alpha value is -2.91. The monoisotopic (exact) mass is 405 g/mol. The lowest BCUT2D eigenvalue weighted by Crippen LogP contribution is -2.27. The number of carbonyl (C=O) groups is 2. The summed E-state index contributed by atoms with van der Waals surface area (Å²) in [7, 11) is -2.01. The van der Waals surface area contributed by atoms with Gasteiger partial charge in [0.2, 0.25) is 15.9 Å². The number of ether oxygens (including phenoxy) is 1. The number of methoxy groups -OCH3 is 1. The van der Waals surface area contributed by atoms with Crippen LogP contribution in [0, 0.1) is 0 Å². The molecule has 0 unspecified atom stereocenters. The minimum absolute atomic E-state index is 0.0765. The molecular weight excluding hydrogens is 382 g/mol. The zero-order chi connectivity index (χ0) is 20.6. The van der Waals surface area contributed by atoms with Crippen molar-refractivity contribution in [1.29, 1.82) is 0 Å². The van der Waals surface area contributed by atoms with Crippen LogP contribution in [-0.2, 0) is 14.8 Å². The topological polar surface area (TPSA) is 114 Å². The van der Waals surface area contributed by atoms with E-state index in [4.69, 9.17) is 4.74 Å². The molecule has 0 atom stereocenters. The lowest BCUT2D eigenvalue weighted by molar-refractivity contribution is -0.116. The molecule has 0 aliphatic heterocycles. The third-order valence-electron chi connectivity index (χ3n) is 3.75. The zero-order valence-corrected chi connectivity index (χ0v) is 16.5. The van der Waals surface area contributed by atoms with Crippen LogP contribution in [0.15, 0.2) is 53.4 Å². The molecule has 0 spiro atoms. The summed E-state index contributed by atoms with van der Waals surface area (Å²) in [5.41, 5.74) is 0.914. The van der Waals surface area contributed by atoms with E-state index in [1.165, 1.54) is 31.4 Å². The number of carbonyl (C=O) groups excluding carboxylic acids is 2. The van der Waals surface area contributed by atoms with Gasteiger partial charge in [-0.2, -0.15) is 0 Å². The van der Waals surface area contributed by atoms with Crippen LogP contribution >= 0.6 is 0 Å². The van der Waals surface area contributed by atoms with Crippen molar-refractivity contribution in [2.75, 3.05) is 25.5 Å². The Balaban J connectivity index is 1.83. The van der Waals surface area contributed by atoms with Gasteiger partial charge in [-0.05, 0) is 42.5 Å². The number of nitrogens with one attached hydrogen (secondary N) is 3. The van der Waals surface area contributed by atoms with E-state index in [1.54, 1.807) is 31.2 Å². The molecule has 0 saturated carbocycles. The van der Waals surface area contributed by atoms with E-state index in [0.29, 0.717) is 23.5 Å². The molecule has 0 aliphatic rings. The van der Waals surface area contributed by atoms with Crippen molar-refractivity contribution in [3.05, 3.63) is 54.1 Å². The van der Waals surface area contributed by atoms with Gasteiger partial charge in [-0.3, -0.25) is 9.59 Å². The zero-order valence-electron chi connectivity index (χ0n) is 15.7. The standard InChI is InChI=1S/C19H23N3O5S/c1-3-21-28(25,26)17-9-7-15(8-10-17)22-18(23)11-12-20-19(24)14-5-4-6-16(13-14)27-2/h4-10,13,21H,3,11-12H2,1-2H3,(H,20,24)(H,22,23). The molecule has 2 aromatic carbocycles. The number of anilines is 1. The Bertz CT molecular complexity index is 927. The number of rotatable bonds is 9. The number of benzene rings is 2. The predicted octanol–water partition coefficient (Wildman–Crippen LogP) is 1.75. The largest absolute Gasteiger partial charge is 0.497 e. The number of amides is 2. The molecule has 0 aromatic heterocycles. The van der Waals surface area contributed by atoms with E-state index in [-0.39, 0.29) is 29.7 Å². The van der Waals surface area contributed by atoms with E-state index >= 15 is 0 Å². The van der Waals surface area contributed by atoms with Crippen LogP contribution in [0.25, 0.3) is 0 Å². The molecule has 28 heavy (non-hydrogen) atoms. The van der Waals surface area contributed by atoms with Crippen molar-refractivity contribution < 1.29 is 22.7 Å². The highest BCUT2D eigenvalue weighted by molar-refractivity contribution is 7.89. The van der Waals surface area contributed by atoms with Crippen LogP contribution in [0.3, 0.4) is 0 Å². The van der Waals surface area contributed by atoms with Crippen molar-refractivity contribution >= 4 is 27.5 Å². The fourth-order valence-corrected chi connectivity index (χ4v) is 3.41. The maximum atomic E-state index is 12.1. The Labute approximate surface area is 164 Å². The number of hydrogen-bond donors (Lipinski definition) is 3. The van der Waals surface area contributed by atoms with Gasteiger partial charge in [-0.25, -0.2) is 13.1 Å². The first-order chi connectivity index (χ1) is 13.4. The molecule has 0 fully saturated rings. The predicted molar refractivity (Wildman–Crippen MR) is 106 cm³/mol. The van der Waals surface area contributed by atoms with Crippen LogP contribution in [0.2, 0.25) is 0 Å². The second-order valence-electron chi connectivity index (χ2n) is 5.81. The van der Waals surface area contributed by atoms with Gasteiger partial charge in [-0.1, -0.05) is 13.0 Å². The first-order valence-electron chi connectivity index (χ1n) is 8.67. The molecule has 0 saturated heterocycles. The Kier molecular flexibility index (Phi) is 7.53. The molecule has 0 heterocycles. The second-order valence-corrected chi connectivity index (χ2v) is 7.58. The van der Waals surface area contributed by atoms with Gasteiger partial charge in [0.15, 0.2) is 0 Å². The molecule has 3 N–H and O–H groups in total. The molecule has 2 rings (SSSR count). The van der Waals surface area contributed by atoms with Crippen LogP contribution in [0.1, 0.15) is 23.7 Å². The average molecular weight is 405 g/mol. The van der Waals surface area contributed by atoms with E-state index in [9.17, 15) is 18.0 Å². The van der Waals surface area contributed by atoms with Crippen molar-refractivity contribution in [2.45, 2.75) is 18.2 Å². The van der Waals surface area contributed by atoms with Crippen molar-refractivity contribution in [3.63, 3.8) is 0 Å². The lowest BCUT2D eigenvalue weighted by atomic mass is 10.2. The highest BCUT2D eigenvalue weighted by Crippen LogP contribution is 2.14. The maximum absolute atomic E-state index is 12.1. The molecule has 0 bridgehead atoms. The van der Waals surface area contributed by atoms with Crippen LogP contribution < -0.4 is 20.1 Å². The number of sulfonamides is 1. The first-order valence-corrected chi connectivity index (χ1v) is 10.2. The summed E-state index contributed by atoms with van der Waals surface area (Å²) in [6, 6.07) is 12.6. The lowest BCUT2D eigenvalue weighted by Gasteiger charge is -2.09. The Morgan fingerprint density at radius 1 is 1.07 bits per heavy atom. The third-order valence-corrected chi connectivity index (χ3v) is 5.31. The second kappa shape index (κ2) is 9.86. The molecule has 9 heteroatoms. The minimum atomic E-state index is -3.53. The smallest absolute Gasteiger partial charge is 0.251 e. The summed E-state index contributed by atoms with van der Waals surface area (Å²) in [6.07, 6.45) is 0.0765. The van der Waals surface area contributed by atoms with E-state index in [1.807, 2.05) is 0 Å². The molecule has 2 aromatic rings. The summed E-state index contributed by atoms with van der Waals surface area (Å²) in [5.74, 6) is -0.0251. The molecular formula is C19H23N3O5S. The SMILES string of the molecule is CCNS(=O)(=O)c1ccc(NC(=O)CCNC(=O)c2cccc(OC)c2)cc1. The molecule has 0 radical (unpaired) electrons.